The maximum absolute atomic E-state index is 13.8. The molecular weight excluding hydrogens is 317 g/mol. The van der Waals surface area contributed by atoms with Crippen molar-refractivity contribution in [2.75, 3.05) is 14.2 Å². The van der Waals surface area contributed by atoms with Crippen molar-refractivity contribution < 1.29 is 13.9 Å². The van der Waals surface area contributed by atoms with Crippen molar-refractivity contribution in [3.8, 4) is 5.75 Å². The fourth-order valence-electron chi connectivity index (χ4n) is 2.41. The molecule has 5 heteroatoms. The highest BCUT2D eigenvalue weighted by Crippen LogP contribution is 2.29. The molecule has 0 radical (unpaired) electrons. The van der Waals surface area contributed by atoms with Gasteiger partial charge in [0.25, 0.3) is 0 Å². The van der Waals surface area contributed by atoms with E-state index in [1.165, 1.54) is 12.1 Å². The van der Waals surface area contributed by atoms with Crippen LogP contribution in [0.4, 0.5) is 4.39 Å². The van der Waals surface area contributed by atoms with E-state index in [1.807, 2.05) is 31.2 Å². The largest absolute Gasteiger partial charge is 0.496 e. The number of benzene rings is 2. The van der Waals surface area contributed by atoms with Crippen LogP contribution >= 0.6 is 11.6 Å². The number of para-hydroxylation sites is 1. The van der Waals surface area contributed by atoms with Gasteiger partial charge in [0.05, 0.1) is 19.6 Å². The molecule has 0 N–H and O–H groups in total. The molecule has 1 unspecified atom stereocenters. The standard InChI is InChI=1S/C18H19ClFNO2/c1-12(13-7-4-5-10-17(13)23-3)21(2)18(22)11-14-15(19)8-6-9-16(14)20/h4-10,12H,11H2,1-3H3. The first-order chi connectivity index (χ1) is 11.0. The molecule has 0 bridgehead atoms. The first-order valence-corrected chi connectivity index (χ1v) is 7.65. The van der Waals surface area contributed by atoms with Gasteiger partial charge in [-0.1, -0.05) is 35.9 Å². The van der Waals surface area contributed by atoms with Crippen molar-refractivity contribution in [3.05, 3.63) is 64.4 Å². The summed E-state index contributed by atoms with van der Waals surface area (Å²) in [6.07, 6.45) is -0.0818. The van der Waals surface area contributed by atoms with Gasteiger partial charge in [0, 0.05) is 23.2 Å². The molecule has 0 spiro atoms. The topological polar surface area (TPSA) is 29.5 Å². The molecule has 0 aliphatic carbocycles. The average Bonchev–Trinajstić information content (AvgIpc) is 2.56. The molecule has 1 atom stereocenters. The Labute approximate surface area is 140 Å². The van der Waals surface area contributed by atoms with E-state index in [4.69, 9.17) is 16.3 Å². The summed E-state index contributed by atoms with van der Waals surface area (Å²) in [5, 5.41) is 0.261. The minimum Gasteiger partial charge on any atom is -0.496 e. The molecule has 0 saturated carbocycles. The Morgan fingerprint density at radius 1 is 1.26 bits per heavy atom. The molecule has 122 valence electrons. The minimum atomic E-state index is -0.468. The lowest BCUT2D eigenvalue weighted by Crippen LogP contribution is -2.31. The molecule has 0 fully saturated rings. The SMILES string of the molecule is COc1ccccc1C(C)N(C)C(=O)Cc1c(F)cccc1Cl. The number of nitrogens with zero attached hydrogens (tertiary/aromatic N) is 1. The number of amides is 1. The first-order valence-electron chi connectivity index (χ1n) is 7.27. The molecule has 2 rings (SSSR count). The Balaban J connectivity index is 2.19. The third-order valence-electron chi connectivity index (χ3n) is 3.95. The van der Waals surface area contributed by atoms with Gasteiger partial charge in [-0.05, 0) is 25.1 Å². The summed E-state index contributed by atoms with van der Waals surface area (Å²) in [6, 6.07) is 11.7. The van der Waals surface area contributed by atoms with Crippen molar-refractivity contribution in [1.29, 1.82) is 0 Å². The number of likely N-dealkylation sites (N-methyl/N-ethyl adjacent to an activating group) is 1. The van der Waals surface area contributed by atoms with Gasteiger partial charge in [0.15, 0.2) is 0 Å². The predicted molar refractivity (Wildman–Crippen MR) is 89.3 cm³/mol. The van der Waals surface area contributed by atoms with E-state index in [-0.39, 0.29) is 29.0 Å². The number of rotatable bonds is 5. The molecule has 1 amide bonds. The van der Waals surface area contributed by atoms with Crippen LogP contribution in [0.3, 0.4) is 0 Å². The summed E-state index contributed by atoms with van der Waals surface area (Å²) in [6.45, 7) is 1.90. The normalized spacial score (nSPS) is 11.9. The second-order valence-corrected chi connectivity index (χ2v) is 5.71. The zero-order valence-electron chi connectivity index (χ0n) is 13.3. The van der Waals surface area contributed by atoms with E-state index in [1.54, 1.807) is 25.1 Å². The van der Waals surface area contributed by atoms with E-state index >= 15 is 0 Å². The van der Waals surface area contributed by atoms with E-state index in [0.29, 0.717) is 5.75 Å². The molecule has 0 aromatic heterocycles. The lowest BCUT2D eigenvalue weighted by atomic mass is 10.0. The zero-order chi connectivity index (χ0) is 17.0. The number of carbonyl (C=O) groups excluding carboxylic acids is 1. The lowest BCUT2D eigenvalue weighted by Gasteiger charge is -2.27. The highest BCUT2D eigenvalue weighted by atomic mass is 35.5. The van der Waals surface area contributed by atoms with Gasteiger partial charge in [-0.15, -0.1) is 0 Å². The predicted octanol–water partition coefficient (Wildman–Crippen LogP) is 4.25. The van der Waals surface area contributed by atoms with E-state index < -0.39 is 5.82 Å². The van der Waals surface area contributed by atoms with E-state index in [0.717, 1.165) is 5.56 Å². The highest BCUT2D eigenvalue weighted by molar-refractivity contribution is 6.31. The van der Waals surface area contributed by atoms with E-state index in [9.17, 15) is 9.18 Å². The minimum absolute atomic E-state index is 0.0818. The monoisotopic (exact) mass is 335 g/mol. The molecule has 0 aliphatic heterocycles. The molecule has 0 heterocycles. The molecule has 2 aromatic rings. The Kier molecular flexibility index (Phi) is 5.61. The summed E-state index contributed by atoms with van der Waals surface area (Å²) >= 11 is 5.99. The number of methoxy groups -OCH3 is 1. The fourth-order valence-corrected chi connectivity index (χ4v) is 2.64. The van der Waals surface area contributed by atoms with Crippen molar-refractivity contribution in [2.45, 2.75) is 19.4 Å². The van der Waals surface area contributed by atoms with Gasteiger partial charge in [-0.2, -0.15) is 0 Å². The van der Waals surface area contributed by atoms with Crippen LogP contribution in [-0.2, 0) is 11.2 Å². The van der Waals surface area contributed by atoms with Crippen LogP contribution in [0.15, 0.2) is 42.5 Å². The maximum atomic E-state index is 13.8. The van der Waals surface area contributed by atoms with Gasteiger partial charge in [0.1, 0.15) is 11.6 Å². The molecule has 2 aromatic carbocycles. The summed E-state index contributed by atoms with van der Waals surface area (Å²) in [5.74, 6) is 0.0307. The number of hydrogen-bond donors (Lipinski definition) is 0. The number of hydrogen-bond acceptors (Lipinski definition) is 2. The maximum Gasteiger partial charge on any atom is 0.227 e. The van der Waals surface area contributed by atoms with Crippen molar-refractivity contribution in [3.63, 3.8) is 0 Å². The molecule has 0 saturated heterocycles. The van der Waals surface area contributed by atoms with Crippen LogP contribution in [0, 0.1) is 5.82 Å². The van der Waals surface area contributed by atoms with Crippen LogP contribution in [-0.4, -0.2) is 25.0 Å². The Morgan fingerprint density at radius 3 is 2.61 bits per heavy atom. The Morgan fingerprint density at radius 2 is 1.96 bits per heavy atom. The molecule has 3 nitrogen and oxygen atoms in total. The second-order valence-electron chi connectivity index (χ2n) is 5.30. The summed E-state index contributed by atoms with van der Waals surface area (Å²) in [4.78, 5) is 14.1. The lowest BCUT2D eigenvalue weighted by molar-refractivity contribution is -0.131. The van der Waals surface area contributed by atoms with Crippen LogP contribution < -0.4 is 4.74 Å². The van der Waals surface area contributed by atoms with E-state index in [2.05, 4.69) is 0 Å². The molecule has 0 aliphatic rings. The van der Waals surface area contributed by atoms with Crippen LogP contribution in [0.2, 0.25) is 5.02 Å². The van der Waals surface area contributed by atoms with Gasteiger partial charge in [-0.3, -0.25) is 4.79 Å². The van der Waals surface area contributed by atoms with Crippen molar-refractivity contribution >= 4 is 17.5 Å². The first kappa shape index (κ1) is 17.3. The number of halogens is 2. The fraction of sp³-hybridized carbons (Fsp3) is 0.278. The summed E-state index contributed by atoms with van der Waals surface area (Å²) < 4.78 is 19.2. The molecular formula is C18H19ClFNO2. The number of carbonyl (C=O) groups is 1. The van der Waals surface area contributed by atoms with Crippen molar-refractivity contribution in [2.24, 2.45) is 0 Å². The quantitative estimate of drug-likeness (QED) is 0.817. The zero-order valence-corrected chi connectivity index (χ0v) is 14.1. The van der Waals surface area contributed by atoms with Crippen molar-refractivity contribution in [1.82, 2.24) is 4.90 Å². The Hall–Kier alpha value is -2.07. The third-order valence-corrected chi connectivity index (χ3v) is 4.31. The van der Waals surface area contributed by atoms with Crippen LogP contribution in [0.25, 0.3) is 0 Å². The number of ether oxygens (including phenoxy) is 1. The van der Waals surface area contributed by atoms with Crippen LogP contribution in [0.5, 0.6) is 5.75 Å². The van der Waals surface area contributed by atoms with Gasteiger partial charge >= 0.3 is 0 Å². The smallest absolute Gasteiger partial charge is 0.227 e. The summed E-state index contributed by atoms with van der Waals surface area (Å²) in [7, 11) is 3.28. The average molecular weight is 336 g/mol. The van der Waals surface area contributed by atoms with Gasteiger partial charge in [0.2, 0.25) is 5.91 Å². The van der Waals surface area contributed by atoms with Gasteiger partial charge in [-0.25, -0.2) is 4.39 Å². The van der Waals surface area contributed by atoms with Gasteiger partial charge < -0.3 is 9.64 Å². The highest BCUT2D eigenvalue weighted by Gasteiger charge is 2.22. The Bertz CT molecular complexity index is 685. The van der Waals surface area contributed by atoms with Crippen LogP contribution in [0.1, 0.15) is 24.1 Å². The third kappa shape index (κ3) is 3.82. The molecule has 23 heavy (non-hydrogen) atoms. The second kappa shape index (κ2) is 7.47. The summed E-state index contributed by atoms with van der Waals surface area (Å²) in [5.41, 5.74) is 1.11.